The Hall–Kier alpha value is -1.23. The predicted octanol–water partition coefficient (Wildman–Crippen LogP) is 4.32. The van der Waals surface area contributed by atoms with E-state index in [0.29, 0.717) is 13.2 Å². The van der Waals surface area contributed by atoms with Crippen molar-refractivity contribution in [2.75, 3.05) is 6.61 Å². The molecule has 0 saturated heterocycles. The van der Waals surface area contributed by atoms with Crippen molar-refractivity contribution in [3.63, 3.8) is 0 Å². The monoisotopic (exact) mass is 304 g/mol. The van der Waals surface area contributed by atoms with Gasteiger partial charge in [0.15, 0.2) is 0 Å². The van der Waals surface area contributed by atoms with E-state index in [9.17, 15) is 0 Å². The molecule has 1 aromatic carbocycles. The highest BCUT2D eigenvalue weighted by molar-refractivity contribution is 7.15. The van der Waals surface area contributed by atoms with Gasteiger partial charge in [-0.1, -0.05) is 44.2 Å². The minimum atomic E-state index is -0.281. The smallest absolute Gasteiger partial charge is 0.126 e. The first kappa shape index (κ1) is 16.1. The first-order chi connectivity index (χ1) is 10.2. The van der Waals surface area contributed by atoms with Crippen LogP contribution in [0, 0.1) is 0 Å². The molecule has 0 aliphatic heterocycles. The van der Waals surface area contributed by atoms with Crippen LogP contribution in [0.5, 0.6) is 0 Å². The van der Waals surface area contributed by atoms with Crippen LogP contribution in [0.25, 0.3) is 10.4 Å². The van der Waals surface area contributed by atoms with Gasteiger partial charge in [-0.15, -0.1) is 11.3 Å². The van der Waals surface area contributed by atoms with Crippen LogP contribution in [0.4, 0.5) is 0 Å². The highest BCUT2D eigenvalue weighted by Gasteiger charge is 2.33. The average molecular weight is 304 g/mol. The molecule has 114 valence electrons. The predicted molar refractivity (Wildman–Crippen MR) is 89.3 cm³/mol. The van der Waals surface area contributed by atoms with Crippen molar-refractivity contribution in [3.8, 4) is 10.4 Å². The molecule has 21 heavy (non-hydrogen) atoms. The summed E-state index contributed by atoms with van der Waals surface area (Å²) in [7, 11) is 0. The fourth-order valence-corrected chi connectivity index (χ4v) is 3.98. The number of nitrogens with two attached hydrogens (primary N) is 1. The molecule has 0 aliphatic carbocycles. The number of rotatable bonds is 7. The third-order valence-electron chi connectivity index (χ3n) is 3.88. The molecule has 4 heteroatoms. The Morgan fingerprint density at radius 1 is 1.14 bits per heavy atom. The van der Waals surface area contributed by atoms with E-state index in [2.05, 4.69) is 26.0 Å². The zero-order valence-electron chi connectivity index (χ0n) is 13.1. The quantitative estimate of drug-likeness (QED) is 0.828. The summed E-state index contributed by atoms with van der Waals surface area (Å²) in [6.45, 7) is 7.50. The van der Waals surface area contributed by atoms with Crippen LogP contribution in [0.2, 0.25) is 0 Å². The normalized spacial score (nSPS) is 11.8. The SMILES string of the molecule is CCOC(CC)(CC)c1nc(CN)c(-c2ccccc2)s1. The summed E-state index contributed by atoms with van der Waals surface area (Å²) >= 11 is 1.72. The van der Waals surface area contributed by atoms with Gasteiger partial charge in [-0.2, -0.15) is 0 Å². The van der Waals surface area contributed by atoms with E-state index in [1.165, 1.54) is 10.4 Å². The third-order valence-corrected chi connectivity index (χ3v) is 5.21. The molecule has 0 fully saturated rings. The van der Waals surface area contributed by atoms with Crippen molar-refractivity contribution in [3.05, 3.63) is 41.0 Å². The molecule has 0 saturated carbocycles. The van der Waals surface area contributed by atoms with Gasteiger partial charge in [-0.25, -0.2) is 4.98 Å². The Kier molecular flexibility index (Phi) is 5.51. The Morgan fingerprint density at radius 2 is 1.81 bits per heavy atom. The van der Waals surface area contributed by atoms with E-state index in [1.54, 1.807) is 11.3 Å². The van der Waals surface area contributed by atoms with E-state index < -0.39 is 0 Å². The van der Waals surface area contributed by atoms with E-state index in [4.69, 9.17) is 15.5 Å². The second-order valence-corrected chi connectivity index (χ2v) is 6.00. The molecule has 2 N–H and O–H groups in total. The summed E-state index contributed by atoms with van der Waals surface area (Å²) in [6.07, 6.45) is 1.84. The van der Waals surface area contributed by atoms with Crippen molar-refractivity contribution in [1.82, 2.24) is 4.98 Å². The molecule has 0 atom stereocenters. The third kappa shape index (κ3) is 3.18. The van der Waals surface area contributed by atoms with E-state index in [0.717, 1.165) is 23.5 Å². The lowest BCUT2D eigenvalue weighted by molar-refractivity contribution is -0.0507. The van der Waals surface area contributed by atoms with Gasteiger partial charge in [-0.05, 0) is 25.3 Å². The van der Waals surface area contributed by atoms with Gasteiger partial charge in [0, 0.05) is 13.2 Å². The Bertz CT molecular complexity index is 561. The number of hydrogen-bond donors (Lipinski definition) is 1. The van der Waals surface area contributed by atoms with Crippen LogP contribution in [0.15, 0.2) is 30.3 Å². The number of ether oxygens (including phenoxy) is 1. The standard InChI is InChI=1S/C17H24N2OS/c1-4-17(5-2,20-6-3)16-19-14(12-18)15(21-16)13-10-8-7-9-11-13/h7-11H,4-6,12,18H2,1-3H3. The molecule has 0 unspecified atom stereocenters. The molecule has 1 heterocycles. The van der Waals surface area contributed by atoms with Gasteiger partial charge in [0.1, 0.15) is 10.6 Å². The Labute approximate surface area is 131 Å². The van der Waals surface area contributed by atoms with Crippen LogP contribution in [-0.4, -0.2) is 11.6 Å². The minimum absolute atomic E-state index is 0.281. The lowest BCUT2D eigenvalue weighted by atomic mass is 9.98. The van der Waals surface area contributed by atoms with E-state index >= 15 is 0 Å². The summed E-state index contributed by atoms with van der Waals surface area (Å²) < 4.78 is 6.07. The maximum absolute atomic E-state index is 6.07. The molecule has 0 radical (unpaired) electrons. The summed E-state index contributed by atoms with van der Waals surface area (Å²) in [4.78, 5) is 5.97. The maximum Gasteiger partial charge on any atom is 0.126 e. The molecule has 3 nitrogen and oxygen atoms in total. The van der Waals surface area contributed by atoms with Crippen LogP contribution >= 0.6 is 11.3 Å². The van der Waals surface area contributed by atoms with Gasteiger partial charge in [0.25, 0.3) is 0 Å². The van der Waals surface area contributed by atoms with Gasteiger partial charge in [0.05, 0.1) is 10.6 Å². The first-order valence-electron chi connectivity index (χ1n) is 7.60. The van der Waals surface area contributed by atoms with Crippen molar-refractivity contribution >= 4 is 11.3 Å². The van der Waals surface area contributed by atoms with Gasteiger partial charge in [-0.3, -0.25) is 0 Å². The first-order valence-corrected chi connectivity index (χ1v) is 8.42. The topological polar surface area (TPSA) is 48.1 Å². The summed E-state index contributed by atoms with van der Waals surface area (Å²) in [5.41, 5.74) is 7.77. The minimum Gasteiger partial charge on any atom is -0.368 e. The second-order valence-electron chi connectivity index (χ2n) is 5.00. The fourth-order valence-electron chi connectivity index (χ4n) is 2.59. The summed E-state index contributed by atoms with van der Waals surface area (Å²) in [6, 6.07) is 10.3. The van der Waals surface area contributed by atoms with Crippen molar-refractivity contribution in [1.29, 1.82) is 0 Å². The molecule has 2 rings (SSSR count). The Morgan fingerprint density at radius 3 is 2.33 bits per heavy atom. The molecule has 0 amide bonds. The Balaban J connectivity index is 2.49. The van der Waals surface area contributed by atoms with Gasteiger partial charge < -0.3 is 10.5 Å². The molecule has 0 bridgehead atoms. The van der Waals surface area contributed by atoms with Gasteiger partial charge in [0.2, 0.25) is 0 Å². The maximum atomic E-state index is 6.07. The van der Waals surface area contributed by atoms with Crippen molar-refractivity contribution < 1.29 is 4.74 Å². The number of benzene rings is 1. The molecular formula is C17H24N2OS. The lowest BCUT2D eigenvalue weighted by Gasteiger charge is -2.29. The zero-order chi connectivity index (χ0) is 15.3. The number of nitrogens with zero attached hydrogens (tertiary/aromatic N) is 1. The van der Waals surface area contributed by atoms with Crippen molar-refractivity contribution in [2.45, 2.75) is 45.8 Å². The number of hydrogen-bond acceptors (Lipinski definition) is 4. The van der Waals surface area contributed by atoms with Crippen LogP contribution in [0.1, 0.15) is 44.3 Å². The molecule has 0 aliphatic rings. The van der Waals surface area contributed by atoms with E-state index in [-0.39, 0.29) is 5.60 Å². The van der Waals surface area contributed by atoms with Crippen molar-refractivity contribution in [2.24, 2.45) is 5.73 Å². The lowest BCUT2D eigenvalue weighted by Crippen LogP contribution is -2.28. The van der Waals surface area contributed by atoms with Gasteiger partial charge >= 0.3 is 0 Å². The van der Waals surface area contributed by atoms with Crippen LogP contribution in [0.3, 0.4) is 0 Å². The zero-order valence-corrected chi connectivity index (χ0v) is 13.9. The number of aromatic nitrogens is 1. The second kappa shape index (κ2) is 7.16. The fraction of sp³-hybridized carbons (Fsp3) is 0.471. The van der Waals surface area contributed by atoms with E-state index in [1.807, 2.05) is 25.1 Å². The molecule has 0 spiro atoms. The average Bonchev–Trinajstić information content (AvgIpc) is 2.98. The number of thiazole rings is 1. The van der Waals surface area contributed by atoms with Crippen LogP contribution in [-0.2, 0) is 16.9 Å². The molecule has 2 aromatic rings. The largest absolute Gasteiger partial charge is 0.368 e. The highest BCUT2D eigenvalue weighted by atomic mass is 32.1. The van der Waals surface area contributed by atoms with Crippen LogP contribution < -0.4 is 5.73 Å². The summed E-state index contributed by atoms with van der Waals surface area (Å²) in [5.74, 6) is 0. The molecular weight excluding hydrogens is 280 g/mol. The highest BCUT2D eigenvalue weighted by Crippen LogP contribution is 2.40. The molecule has 1 aromatic heterocycles. The summed E-state index contributed by atoms with van der Waals surface area (Å²) in [5, 5.41) is 1.05.